The van der Waals surface area contributed by atoms with Gasteiger partial charge in [-0.05, 0) is 25.3 Å². The number of aliphatic carboxylic acids is 1. The highest BCUT2D eigenvalue weighted by Gasteiger charge is 2.57. The first-order chi connectivity index (χ1) is 12.2. The highest BCUT2D eigenvalue weighted by atomic mass is 16.4. The van der Waals surface area contributed by atoms with Crippen LogP contribution >= 0.6 is 0 Å². The Morgan fingerprint density at radius 3 is 2.69 bits per heavy atom. The molecule has 26 heavy (non-hydrogen) atoms. The smallest absolute Gasteiger partial charge is 0.352 e. The van der Waals surface area contributed by atoms with E-state index >= 15 is 0 Å². The van der Waals surface area contributed by atoms with Crippen LogP contribution in [0.15, 0.2) is 11.3 Å². The monoisotopic (exact) mass is 364 g/mol. The molecule has 4 atom stereocenters. The molecule has 0 unspecified atom stereocenters. The molecule has 3 aliphatic heterocycles. The van der Waals surface area contributed by atoms with E-state index in [4.69, 9.17) is 5.41 Å². The zero-order valence-corrected chi connectivity index (χ0v) is 14.9. The van der Waals surface area contributed by atoms with E-state index in [-0.39, 0.29) is 36.0 Å². The molecule has 0 aliphatic carbocycles. The number of aliphatic hydroxyl groups is 1. The summed E-state index contributed by atoms with van der Waals surface area (Å²) in [4.78, 5) is 38.2. The summed E-state index contributed by atoms with van der Waals surface area (Å²) in [6, 6.07) is -0.281. The maximum absolute atomic E-state index is 12.3. The topological polar surface area (TPSA) is 134 Å². The van der Waals surface area contributed by atoms with Gasteiger partial charge in [0.05, 0.1) is 24.6 Å². The molecule has 0 aromatic rings. The number of carbonyl (C=O) groups is 3. The summed E-state index contributed by atoms with van der Waals surface area (Å²) in [5, 5.41) is 30.1. The number of hydrogen-bond acceptors (Lipinski definition) is 5. The molecule has 142 valence electrons. The molecule has 9 heteroatoms. The Bertz CT molecular complexity index is 701. The number of aliphatic hydroxyl groups excluding tert-OH is 1. The molecule has 3 rings (SSSR count). The number of hydrogen-bond donors (Lipinski definition) is 4. The Labute approximate surface area is 151 Å². The number of nitrogens with one attached hydrogen (secondary N) is 2. The molecule has 0 radical (unpaired) electrons. The van der Waals surface area contributed by atoms with E-state index in [1.54, 1.807) is 6.92 Å². The second-order valence-corrected chi connectivity index (χ2v) is 7.21. The van der Waals surface area contributed by atoms with E-state index < -0.39 is 18.0 Å². The van der Waals surface area contributed by atoms with E-state index in [0.29, 0.717) is 31.8 Å². The summed E-state index contributed by atoms with van der Waals surface area (Å²) in [5.74, 6) is -1.95. The average molecular weight is 364 g/mol. The van der Waals surface area contributed by atoms with E-state index in [2.05, 4.69) is 5.32 Å². The SMILES string of the molecule is CC(=O)NCC(=N)N1CC[C@@H](C2=C(C(=O)O)N3C(=O)[C@H]([C@@H](C)O)[C@H]3C2)C1. The van der Waals surface area contributed by atoms with Gasteiger partial charge >= 0.3 is 5.97 Å². The van der Waals surface area contributed by atoms with Crippen molar-refractivity contribution in [1.82, 2.24) is 15.1 Å². The Morgan fingerprint density at radius 2 is 2.12 bits per heavy atom. The quantitative estimate of drug-likeness (QED) is 0.292. The third-order valence-electron chi connectivity index (χ3n) is 5.53. The third-order valence-corrected chi connectivity index (χ3v) is 5.53. The van der Waals surface area contributed by atoms with Crippen LogP contribution in [0.1, 0.15) is 26.7 Å². The minimum Gasteiger partial charge on any atom is -0.477 e. The van der Waals surface area contributed by atoms with Crippen LogP contribution in [0.4, 0.5) is 0 Å². The fourth-order valence-electron chi connectivity index (χ4n) is 4.28. The standard InChI is InChI=1S/C17H24N4O5/c1-8(22)14-12-5-11(15(17(25)26)21(12)16(14)24)10-3-4-20(7-10)13(18)6-19-9(2)23/h8,10,12,14,18,22H,3-7H2,1-2H3,(H,19,23)(H,25,26)/t8-,10-,12-,14-/m1/s1. The molecule has 3 heterocycles. The number of carboxylic acid groups (broad SMARTS) is 1. The van der Waals surface area contributed by atoms with Crippen LogP contribution in [0.25, 0.3) is 0 Å². The van der Waals surface area contributed by atoms with Crippen LogP contribution in [-0.2, 0) is 14.4 Å². The summed E-state index contributed by atoms with van der Waals surface area (Å²) in [6.45, 7) is 4.20. The molecule has 3 aliphatic rings. The number of β-lactam (4-membered cyclic amide) rings is 1. The Kier molecular flexibility index (Phi) is 4.74. The van der Waals surface area contributed by atoms with Gasteiger partial charge in [0.15, 0.2) is 0 Å². The maximum Gasteiger partial charge on any atom is 0.352 e. The highest BCUT2D eigenvalue weighted by molar-refractivity contribution is 5.99. The van der Waals surface area contributed by atoms with Crippen molar-refractivity contribution in [3.05, 3.63) is 11.3 Å². The van der Waals surface area contributed by atoms with Gasteiger partial charge < -0.3 is 25.3 Å². The summed E-state index contributed by atoms with van der Waals surface area (Å²) in [6.07, 6.45) is 0.354. The van der Waals surface area contributed by atoms with Crippen LogP contribution < -0.4 is 5.32 Å². The van der Waals surface area contributed by atoms with Crippen LogP contribution in [-0.4, -0.2) is 75.4 Å². The lowest BCUT2D eigenvalue weighted by molar-refractivity contribution is -0.161. The van der Waals surface area contributed by atoms with Gasteiger partial charge in [-0.25, -0.2) is 4.79 Å². The van der Waals surface area contributed by atoms with Crippen molar-refractivity contribution in [2.75, 3.05) is 19.6 Å². The zero-order chi connectivity index (χ0) is 19.2. The number of likely N-dealkylation sites (tertiary alicyclic amines) is 1. The summed E-state index contributed by atoms with van der Waals surface area (Å²) in [7, 11) is 0. The van der Waals surface area contributed by atoms with Gasteiger partial charge in [-0.3, -0.25) is 15.0 Å². The normalized spacial score (nSPS) is 28.7. The van der Waals surface area contributed by atoms with Gasteiger partial charge in [0.25, 0.3) is 0 Å². The first kappa shape index (κ1) is 18.4. The van der Waals surface area contributed by atoms with Crippen LogP contribution in [0.5, 0.6) is 0 Å². The van der Waals surface area contributed by atoms with Crippen LogP contribution in [0.2, 0.25) is 0 Å². The molecule has 0 saturated carbocycles. The molecule has 9 nitrogen and oxygen atoms in total. The predicted octanol–water partition coefficient (Wildman–Crippen LogP) is -0.628. The number of nitrogens with zero attached hydrogens (tertiary/aromatic N) is 2. The van der Waals surface area contributed by atoms with Gasteiger partial charge in [0.1, 0.15) is 11.5 Å². The Balaban J connectivity index is 1.73. The molecular weight excluding hydrogens is 340 g/mol. The van der Waals surface area contributed by atoms with Crippen molar-refractivity contribution >= 4 is 23.6 Å². The molecular formula is C17H24N4O5. The number of amidine groups is 1. The molecule has 2 amide bonds. The lowest BCUT2D eigenvalue weighted by Gasteiger charge is -2.44. The summed E-state index contributed by atoms with van der Waals surface area (Å²) < 4.78 is 0. The third kappa shape index (κ3) is 2.96. The summed E-state index contributed by atoms with van der Waals surface area (Å²) in [5.41, 5.74) is 0.783. The molecule has 2 saturated heterocycles. The van der Waals surface area contributed by atoms with Gasteiger partial charge in [0, 0.05) is 25.9 Å². The van der Waals surface area contributed by atoms with E-state index in [1.807, 2.05) is 4.90 Å². The minimum absolute atomic E-state index is 0.0492. The van der Waals surface area contributed by atoms with E-state index in [0.717, 1.165) is 5.57 Å². The second-order valence-electron chi connectivity index (χ2n) is 7.21. The lowest BCUT2D eigenvalue weighted by atomic mass is 9.82. The van der Waals surface area contributed by atoms with Crippen LogP contribution in [0.3, 0.4) is 0 Å². The number of rotatable bonds is 5. The van der Waals surface area contributed by atoms with Crippen molar-refractivity contribution in [3.63, 3.8) is 0 Å². The van der Waals surface area contributed by atoms with Gasteiger partial charge in [-0.2, -0.15) is 0 Å². The Hall–Kier alpha value is -2.42. The largest absolute Gasteiger partial charge is 0.477 e. The molecule has 4 N–H and O–H groups in total. The average Bonchev–Trinajstić information content (AvgIpc) is 3.14. The van der Waals surface area contributed by atoms with Crippen molar-refractivity contribution in [2.45, 2.75) is 38.8 Å². The number of fused-ring (bicyclic) bond motifs is 1. The summed E-state index contributed by atoms with van der Waals surface area (Å²) >= 11 is 0. The fourth-order valence-corrected chi connectivity index (χ4v) is 4.28. The van der Waals surface area contributed by atoms with Crippen LogP contribution in [0, 0.1) is 17.2 Å². The van der Waals surface area contributed by atoms with Crippen molar-refractivity contribution in [3.8, 4) is 0 Å². The molecule has 0 aromatic carbocycles. The van der Waals surface area contributed by atoms with Crippen molar-refractivity contribution in [2.24, 2.45) is 11.8 Å². The molecule has 0 bridgehead atoms. The second kappa shape index (κ2) is 6.71. The molecule has 2 fully saturated rings. The highest BCUT2D eigenvalue weighted by Crippen LogP contribution is 2.47. The lowest BCUT2D eigenvalue weighted by Crippen LogP contribution is -2.61. The minimum atomic E-state index is -1.12. The predicted molar refractivity (Wildman–Crippen MR) is 91.2 cm³/mol. The molecule has 0 aromatic heterocycles. The van der Waals surface area contributed by atoms with E-state index in [1.165, 1.54) is 11.8 Å². The van der Waals surface area contributed by atoms with Crippen molar-refractivity contribution < 1.29 is 24.6 Å². The Morgan fingerprint density at radius 1 is 1.42 bits per heavy atom. The number of amides is 2. The maximum atomic E-state index is 12.3. The zero-order valence-electron chi connectivity index (χ0n) is 14.9. The number of carbonyl (C=O) groups excluding carboxylic acids is 2. The van der Waals surface area contributed by atoms with Crippen molar-refractivity contribution in [1.29, 1.82) is 5.41 Å². The molecule has 0 spiro atoms. The number of carboxylic acids is 1. The first-order valence-corrected chi connectivity index (χ1v) is 8.76. The fraction of sp³-hybridized carbons (Fsp3) is 0.647. The van der Waals surface area contributed by atoms with E-state index in [9.17, 15) is 24.6 Å². The van der Waals surface area contributed by atoms with Gasteiger partial charge in [-0.15, -0.1) is 0 Å². The van der Waals surface area contributed by atoms with Gasteiger partial charge in [0.2, 0.25) is 11.8 Å². The van der Waals surface area contributed by atoms with Gasteiger partial charge in [-0.1, -0.05) is 0 Å². The first-order valence-electron chi connectivity index (χ1n) is 8.76.